The fourth-order valence-corrected chi connectivity index (χ4v) is 2.46. The van der Waals surface area contributed by atoms with Crippen molar-refractivity contribution in [2.75, 3.05) is 6.54 Å². The van der Waals surface area contributed by atoms with Crippen LogP contribution in [0, 0.1) is 10.8 Å². The SMILES string of the molecule is CC(C)(C)C1CC2(CN1)CC(=O)NNC2=O. The Balaban J connectivity index is 2.16. The van der Waals surface area contributed by atoms with Crippen molar-refractivity contribution in [2.24, 2.45) is 10.8 Å². The summed E-state index contributed by atoms with van der Waals surface area (Å²) in [4.78, 5) is 23.2. The highest BCUT2D eigenvalue weighted by atomic mass is 16.2. The van der Waals surface area contributed by atoms with Gasteiger partial charge in [0.2, 0.25) is 11.8 Å². The van der Waals surface area contributed by atoms with Crippen LogP contribution in [0.25, 0.3) is 0 Å². The molecule has 2 saturated heterocycles. The van der Waals surface area contributed by atoms with E-state index in [1.165, 1.54) is 0 Å². The van der Waals surface area contributed by atoms with Gasteiger partial charge in [0.15, 0.2) is 0 Å². The summed E-state index contributed by atoms with van der Waals surface area (Å²) in [5.41, 5.74) is 4.40. The molecule has 0 aliphatic carbocycles. The Bertz CT molecular complexity index is 335. The first-order chi connectivity index (χ1) is 7.33. The van der Waals surface area contributed by atoms with E-state index < -0.39 is 5.41 Å². The van der Waals surface area contributed by atoms with Crippen LogP contribution in [-0.2, 0) is 9.59 Å². The number of hydrogen-bond acceptors (Lipinski definition) is 3. The summed E-state index contributed by atoms with van der Waals surface area (Å²) in [6.45, 7) is 7.02. The summed E-state index contributed by atoms with van der Waals surface area (Å²) < 4.78 is 0. The fraction of sp³-hybridized carbons (Fsp3) is 0.818. The number of nitrogens with one attached hydrogen (secondary N) is 3. The van der Waals surface area contributed by atoms with E-state index in [0.29, 0.717) is 13.0 Å². The highest BCUT2D eigenvalue weighted by Gasteiger charge is 2.51. The normalized spacial score (nSPS) is 35.1. The van der Waals surface area contributed by atoms with Crippen molar-refractivity contribution in [2.45, 2.75) is 39.7 Å². The minimum Gasteiger partial charge on any atom is -0.312 e. The first-order valence-corrected chi connectivity index (χ1v) is 5.66. The van der Waals surface area contributed by atoms with Crippen molar-refractivity contribution >= 4 is 11.8 Å². The molecule has 16 heavy (non-hydrogen) atoms. The molecule has 0 saturated carbocycles. The molecule has 2 aliphatic rings. The summed E-state index contributed by atoms with van der Waals surface area (Å²) in [5.74, 6) is -0.165. The Hall–Kier alpha value is -1.10. The second kappa shape index (κ2) is 3.45. The molecular formula is C11H19N3O2. The van der Waals surface area contributed by atoms with Crippen molar-refractivity contribution in [3.8, 4) is 0 Å². The monoisotopic (exact) mass is 225 g/mol. The number of carbonyl (C=O) groups excluding carboxylic acids is 2. The molecule has 0 aromatic carbocycles. The largest absolute Gasteiger partial charge is 0.312 e. The lowest BCUT2D eigenvalue weighted by Crippen LogP contribution is -2.57. The van der Waals surface area contributed by atoms with Crippen LogP contribution in [-0.4, -0.2) is 24.4 Å². The Morgan fingerprint density at radius 1 is 1.25 bits per heavy atom. The third kappa shape index (κ3) is 1.80. The second-order valence-corrected chi connectivity index (χ2v) is 5.96. The minimum absolute atomic E-state index is 0.0636. The van der Waals surface area contributed by atoms with Crippen LogP contribution in [0.15, 0.2) is 0 Å². The summed E-state index contributed by atoms with van der Waals surface area (Å²) in [5, 5.41) is 3.37. The van der Waals surface area contributed by atoms with Gasteiger partial charge in [-0.1, -0.05) is 20.8 Å². The molecule has 1 spiro atoms. The van der Waals surface area contributed by atoms with Gasteiger partial charge in [0.1, 0.15) is 0 Å². The van der Waals surface area contributed by atoms with Crippen LogP contribution >= 0.6 is 0 Å². The average molecular weight is 225 g/mol. The number of rotatable bonds is 0. The maximum atomic E-state index is 11.9. The molecule has 2 aliphatic heterocycles. The molecule has 0 aromatic rings. The Morgan fingerprint density at radius 3 is 2.50 bits per heavy atom. The van der Waals surface area contributed by atoms with Gasteiger partial charge in [-0.15, -0.1) is 0 Å². The van der Waals surface area contributed by atoms with Gasteiger partial charge >= 0.3 is 0 Å². The number of hydrazine groups is 1. The van der Waals surface area contributed by atoms with E-state index >= 15 is 0 Å². The molecule has 2 unspecified atom stereocenters. The molecule has 0 bridgehead atoms. The van der Waals surface area contributed by atoms with Crippen LogP contribution in [0.5, 0.6) is 0 Å². The molecule has 2 amide bonds. The molecule has 5 nitrogen and oxygen atoms in total. The van der Waals surface area contributed by atoms with E-state index in [1.54, 1.807) is 0 Å². The highest BCUT2D eigenvalue weighted by Crippen LogP contribution is 2.39. The van der Waals surface area contributed by atoms with Gasteiger partial charge in [0, 0.05) is 19.0 Å². The zero-order chi connectivity index (χ0) is 12.0. The lowest BCUT2D eigenvalue weighted by molar-refractivity contribution is -0.143. The van der Waals surface area contributed by atoms with Gasteiger partial charge in [-0.05, 0) is 11.8 Å². The maximum Gasteiger partial charge on any atom is 0.246 e. The van der Waals surface area contributed by atoms with E-state index in [9.17, 15) is 9.59 Å². The number of carbonyl (C=O) groups is 2. The third-order valence-electron chi connectivity index (χ3n) is 3.62. The van der Waals surface area contributed by atoms with Crippen LogP contribution in [0.3, 0.4) is 0 Å². The molecule has 2 heterocycles. The Kier molecular flexibility index (Phi) is 2.45. The summed E-state index contributed by atoms with van der Waals surface area (Å²) in [6, 6.07) is 0.282. The fourth-order valence-electron chi connectivity index (χ4n) is 2.46. The topological polar surface area (TPSA) is 70.2 Å². The van der Waals surface area contributed by atoms with Crippen LogP contribution < -0.4 is 16.2 Å². The van der Waals surface area contributed by atoms with Crippen molar-refractivity contribution < 1.29 is 9.59 Å². The van der Waals surface area contributed by atoms with Crippen LogP contribution in [0.1, 0.15) is 33.6 Å². The zero-order valence-electron chi connectivity index (χ0n) is 10.0. The highest BCUT2D eigenvalue weighted by molar-refractivity contribution is 5.94. The Morgan fingerprint density at radius 2 is 1.94 bits per heavy atom. The first-order valence-electron chi connectivity index (χ1n) is 5.66. The molecule has 90 valence electrons. The first kappa shape index (κ1) is 11.4. The quantitative estimate of drug-likeness (QED) is 0.540. The van der Waals surface area contributed by atoms with Crippen LogP contribution in [0.2, 0.25) is 0 Å². The minimum atomic E-state index is -0.541. The summed E-state index contributed by atoms with van der Waals surface area (Å²) in [7, 11) is 0. The molecule has 0 radical (unpaired) electrons. The summed E-state index contributed by atoms with van der Waals surface area (Å²) in [6.07, 6.45) is 1.02. The van der Waals surface area contributed by atoms with E-state index in [1.807, 2.05) is 0 Å². The maximum absolute atomic E-state index is 11.9. The lowest BCUT2D eigenvalue weighted by atomic mass is 9.75. The van der Waals surface area contributed by atoms with Crippen LogP contribution in [0.4, 0.5) is 0 Å². The second-order valence-electron chi connectivity index (χ2n) is 5.96. The Labute approximate surface area is 95.3 Å². The zero-order valence-corrected chi connectivity index (χ0v) is 10.0. The molecule has 2 atom stereocenters. The van der Waals surface area contributed by atoms with Gasteiger partial charge in [-0.2, -0.15) is 0 Å². The molecule has 0 aromatic heterocycles. The van der Waals surface area contributed by atoms with Crippen molar-refractivity contribution in [1.29, 1.82) is 0 Å². The van der Waals surface area contributed by atoms with E-state index in [2.05, 4.69) is 36.9 Å². The molecule has 2 rings (SSSR count). The predicted octanol–water partition coefficient (Wildman–Crippen LogP) is -0.0681. The van der Waals surface area contributed by atoms with Crippen molar-refractivity contribution in [3.05, 3.63) is 0 Å². The van der Waals surface area contributed by atoms with Crippen molar-refractivity contribution in [1.82, 2.24) is 16.2 Å². The molecule has 2 fully saturated rings. The smallest absolute Gasteiger partial charge is 0.246 e. The molecule has 3 N–H and O–H groups in total. The van der Waals surface area contributed by atoms with E-state index in [0.717, 1.165) is 6.42 Å². The van der Waals surface area contributed by atoms with Gasteiger partial charge in [-0.3, -0.25) is 20.4 Å². The molecular weight excluding hydrogens is 206 g/mol. The van der Waals surface area contributed by atoms with Gasteiger partial charge in [0.05, 0.1) is 5.41 Å². The standard InChI is InChI=1S/C11H19N3O2/c1-10(2,3)7-4-11(6-12-7)5-8(15)13-14-9(11)16/h7,12H,4-6H2,1-3H3,(H,13,15)(H,14,16). The average Bonchev–Trinajstić information content (AvgIpc) is 2.57. The van der Waals surface area contributed by atoms with E-state index in [4.69, 9.17) is 0 Å². The summed E-state index contributed by atoms with van der Waals surface area (Å²) >= 11 is 0. The third-order valence-corrected chi connectivity index (χ3v) is 3.62. The predicted molar refractivity (Wildman–Crippen MR) is 59.2 cm³/mol. The lowest BCUT2D eigenvalue weighted by Gasteiger charge is -2.32. The van der Waals surface area contributed by atoms with Gasteiger partial charge in [0.25, 0.3) is 0 Å². The number of amides is 2. The van der Waals surface area contributed by atoms with E-state index in [-0.39, 0.29) is 23.3 Å². The van der Waals surface area contributed by atoms with Crippen molar-refractivity contribution in [3.63, 3.8) is 0 Å². The van der Waals surface area contributed by atoms with Gasteiger partial charge < -0.3 is 5.32 Å². The van der Waals surface area contributed by atoms with Gasteiger partial charge in [-0.25, -0.2) is 0 Å². The number of hydrogen-bond donors (Lipinski definition) is 3. The molecule has 5 heteroatoms.